The van der Waals surface area contributed by atoms with E-state index in [0.29, 0.717) is 19.7 Å². The third-order valence-electron chi connectivity index (χ3n) is 3.82. The Morgan fingerprint density at radius 2 is 1.74 bits per heavy atom. The molecule has 0 unspecified atom stereocenters. The number of likely N-dealkylation sites (N-methyl/N-ethyl adjacent to an activating group) is 2. The molecule has 0 radical (unpaired) electrons. The molecule has 1 rings (SSSR count). The van der Waals surface area contributed by atoms with Crippen LogP contribution in [0.1, 0.15) is 31.4 Å². The van der Waals surface area contributed by atoms with E-state index in [1.165, 1.54) is 10.5 Å². The van der Waals surface area contributed by atoms with Gasteiger partial charge in [0, 0.05) is 20.1 Å². The van der Waals surface area contributed by atoms with E-state index >= 15 is 0 Å². The van der Waals surface area contributed by atoms with Gasteiger partial charge in [0.2, 0.25) is 11.8 Å². The Labute approximate surface area is 139 Å². The van der Waals surface area contributed by atoms with Crippen molar-refractivity contribution < 1.29 is 14.3 Å². The Morgan fingerprint density at radius 3 is 2.30 bits per heavy atom. The fourth-order valence-electron chi connectivity index (χ4n) is 2.37. The molecule has 0 aliphatic heterocycles. The van der Waals surface area contributed by atoms with Crippen LogP contribution in [0.3, 0.4) is 0 Å². The molecule has 0 spiro atoms. The molecule has 0 aliphatic rings. The van der Waals surface area contributed by atoms with Crippen LogP contribution in [0.25, 0.3) is 0 Å². The standard InChI is InChI=1S/C18H28N2O3/c1-6-20(7-2)18(22)13-19(5)17(21)10-11-23-16-9-8-14(3)12-15(16)4/h8-9,12H,6-7,10-11,13H2,1-5H3. The summed E-state index contributed by atoms with van der Waals surface area (Å²) in [7, 11) is 1.65. The average molecular weight is 320 g/mol. The summed E-state index contributed by atoms with van der Waals surface area (Å²) in [4.78, 5) is 27.3. The van der Waals surface area contributed by atoms with Gasteiger partial charge in [0.1, 0.15) is 5.75 Å². The summed E-state index contributed by atoms with van der Waals surface area (Å²) in [5.41, 5.74) is 2.24. The van der Waals surface area contributed by atoms with Crippen molar-refractivity contribution >= 4 is 11.8 Å². The Kier molecular flexibility index (Phi) is 7.59. The first kappa shape index (κ1) is 19.0. The van der Waals surface area contributed by atoms with E-state index in [2.05, 4.69) is 0 Å². The van der Waals surface area contributed by atoms with Crippen LogP contribution in [0.2, 0.25) is 0 Å². The highest BCUT2D eigenvalue weighted by molar-refractivity contribution is 5.84. The second kappa shape index (κ2) is 9.18. The number of aryl methyl sites for hydroxylation is 2. The first-order valence-electron chi connectivity index (χ1n) is 8.10. The van der Waals surface area contributed by atoms with E-state index in [-0.39, 0.29) is 24.8 Å². The molecule has 2 amide bonds. The van der Waals surface area contributed by atoms with Crippen LogP contribution < -0.4 is 4.74 Å². The molecule has 0 fully saturated rings. The molecule has 1 aromatic carbocycles. The predicted molar refractivity (Wildman–Crippen MR) is 91.6 cm³/mol. The van der Waals surface area contributed by atoms with Gasteiger partial charge in [-0.1, -0.05) is 17.7 Å². The molecular formula is C18H28N2O3. The number of hydrogen-bond acceptors (Lipinski definition) is 3. The third-order valence-corrected chi connectivity index (χ3v) is 3.82. The molecule has 5 nitrogen and oxygen atoms in total. The van der Waals surface area contributed by atoms with Gasteiger partial charge in [-0.2, -0.15) is 0 Å². The molecule has 0 aliphatic carbocycles. The minimum absolute atomic E-state index is 0.0267. The van der Waals surface area contributed by atoms with Gasteiger partial charge in [-0.05, 0) is 39.3 Å². The number of benzene rings is 1. The van der Waals surface area contributed by atoms with Crippen LogP contribution in [0.15, 0.2) is 18.2 Å². The summed E-state index contributed by atoms with van der Waals surface area (Å²) >= 11 is 0. The van der Waals surface area contributed by atoms with E-state index in [0.717, 1.165) is 11.3 Å². The van der Waals surface area contributed by atoms with Crippen molar-refractivity contribution in [2.45, 2.75) is 34.1 Å². The number of nitrogens with zero attached hydrogens (tertiary/aromatic N) is 2. The van der Waals surface area contributed by atoms with Crippen LogP contribution in [-0.4, -0.2) is 54.9 Å². The van der Waals surface area contributed by atoms with Crippen LogP contribution in [-0.2, 0) is 9.59 Å². The number of carbonyl (C=O) groups excluding carboxylic acids is 2. The Morgan fingerprint density at radius 1 is 1.09 bits per heavy atom. The second-order valence-corrected chi connectivity index (χ2v) is 5.68. The van der Waals surface area contributed by atoms with Crippen molar-refractivity contribution in [2.75, 3.05) is 33.3 Å². The smallest absolute Gasteiger partial charge is 0.242 e. The van der Waals surface area contributed by atoms with Gasteiger partial charge in [-0.25, -0.2) is 0 Å². The first-order valence-corrected chi connectivity index (χ1v) is 8.10. The highest BCUT2D eigenvalue weighted by Crippen LogP contribution is 2.18. The largest absolute Gasteiger partial charge is 0.493 e. The zero-order valence-corrected chi connectivity index (χ0v) is 14.9. The second-order valence-electron chi connectivity index (χ2n) is 5.68. The molecule has 0 saturated carbocycles. The van der Waals surface area contributed by atoms with Gasteiger partial charge in [-0.15, -0.1) is 0 Å². The van der Waals surface area contributed by atoms with Gasteiger partial charge in [0.05, 0.1) is 19.6 Å². The minimum atomic E-state index is -0.0877. The number of rotatable bonds is 8. The fraction of sp³-hybridized carbons (Fsp3) is 0.556. The Bertz CT molecular complexity index is 539. The van der Waals surface area contributed by atoms with Crippen LogP contribution in [0, 0.1) is 13.8 Å². The lowest BCUT2D eigenvalue weighted by atomic mass is 10.1. The highest BCUT2D eigenvalue weighted by Gasteiger charge is 2.16. The molecular weight excluding hydrogens is 292 g/mol. The Balaban J connectivity index is 2.42. The molecule has 0 aromatic heterocycles. The van der Waals surface area contributed by atoms with Crippen molar-refractivity contribution in [1.82, 2.24) is 9.80 Å². The van der Waals surface area contributed by atoms with Crippen molar-refractivity contribution in [3.63, 3.8) is 0 Å². The summed E-state index contributed by atoms with van der Waals surface area (Å²) in [6.45, 7) is 9.63. The lowest BCUT2D eigenvalue weighted by molar-refractivity contribution is -0.139. The van der Waals surface area contributed by atoms with E-state index in [1.807, 2.05) is 45.9 Å². The van der Waals surface area contributed by atoms with E-state index in [9.17, 15) is 9.59 Å². The predicted octanol–water partition coefficient (Wildman–Crippen LogP) is 2.40. The molecule has 128 valence electrons. The van der Waals surface area contributed by atoms with E-state index < -0.39 is 0 Å². The molecule has 0 atom stereocenters. The van der Waals surface area contributed by atoms with Gasteiger partial charge in [-0.3, -0.25) is 9.59 Å². The monoisotopic (exact) mass is 320 g/mol. The van der Waals surface area contributed by atoms with Crippen molar-refractivity contribution in [3.05, 3.63) is 29.3 Å². The van der Waals surface area contributed by atoms with Crippen LogP contribution >= 0.6 is 0 Å². The Hall–Kier alpha value is -2.04. The molecule has 0 saturated heterocycles. The molecule has 0 bridgehead atoms. The SMILES string of the molecule is CCN(CC)C(=O)CN(C)C(=O)CCOc1ccc(C)cc1C. The van der Waals surface area contributed by atoms with Gasteiger partial charge in [0.15, 0.2) is 0 Å². The lowest BCUT2D eigenvalue weighted by Gasteiger charge is -2.23. The summed E-state index contributed by atoms with van der Waals surface area (Å²) in [6, 6.07) is 5.95. The molecule has 1 aromatic rings. The highest BCUT2D eigenvalue weighted by atomic mass is 16.5. The van der Waals surface area contributed by atoms with E-state index in [1.54, 1.807) is 11.9 Å². The maximum atomic E-state index is 12.1. The normalized spacial score (nSPS) is 10.3. The van der Waals surface area contributed by atoms with Gasteiger partial charge < -0.3 is 14.5 Å². The summed E-state index contributed by atoms with van der Waals surface area (Å²) < 4.78 is 5.66. The quantitative estimate of drug-likeness (QED) is 0.739. The zero-order valence-electron chi connectivity index (χ0n) is 14.9. The summed E-state index contributed by atoms with van der Waals surface area (Å²) in [5.74, 6) is 0.682. The fourth-order valence-corrected chi connectivity index (χ4v) is 2.37. The molecule has 0 heterocycles. The van der Waals surface area contributed by atoms with Crippen molar-refractivity contribution in [3.8, 4) is 5.75 Å². The zero-order chi connectivity index (χ0) is 17.4. The summed E-state index contributed by atoms with van der Waals surface area (Å²) in [6.07, 6.45) is 0.259. The van der Waals surface area contributed by atoms with Gasteiger partial charge in [0.25, 0.3) is 0 Å². The van der Waals surface area contributed by atoms with Crippen LogP contribution in [0.5, 0.6) is 5.75 Å². The molecule has 0 N–H and O–H groups in total. The van der Waals surface area contributed by atoms with Crippen molar-refractivity contribution in [2.24, 2.45) is 0 Å². The number of amides is 2. The van der Waals surface area contributed by atoms with Crippen LogP contribution in [0.4, 0.5) is 0 Å². The maximum absolute atomic E-state index is 12.1. The first-order chi connectivity index (χ1) is 10.9. The number of hydrogen-bond donors (Lipinski definition) is 0. The lowest BCUT2D eigenvalue weighted by Crippen LogP contribution is -2.41. The average Bonchev–Trinajstić information content (AvgIpc) is 2.50. The topological polar surface area (TPSA) is 49.9 Å². The molecule has 23 heavy (non-hydrogen) atoms. The third kappa shape index (κ3) is 5.93. The number of ether oxygens (including phenoxy) is 1. The molecule has 5 heteroatoms. The number of carbonyl (C=O) groups is 2. The maximum Gasteiger partial charge on any atom is 0.242 e. The minimum Gasteiger partial charge on any atom is -0.493 e. The summed E-state index contributed by atoms with van der Waals surface area (Å²) in [5, 5.41) is 0. The van der Waals surface area contributed by atoms with Gasteiger partial charge >= 0.3 is 0 Å². The van der Waals surface area contributed by atoms with E-state index in [4.69, 9.17) is 4.74 Å². The van der Waals surface area contributed by atoms with Crippen molar-refractivity contribution in [1.29, 1.82) is 0 Å².